The van der Waals surface area contributed by atoms with Crippen LogP contribution in [0.4, 0.5) is 0 Å². The number of nitrogens with one attached hydrogen (secondary N) is 2. The van der Waals surface area contributed by atoms with Crippen LogP contribution in [0.3, 0.4) is 0 Å². The number of nitrogens with zero attached hydrogens (tertiary/aromatic N) is 1. The maximum atomic E-state index is 12.2. The van der Waals surface area contributed by atoms with Crippen LogP contribution >= 0.6 is 0 Å². The van der Waals surface area contributed by atoms with Gasteiger partial charge in [0.1, 0.15) is 11.5 Å². The van der Waals surface area contributed by atoms with E-state index < -0.39 is 10.0 Å². The standard InChI is InChI=1S/C22H23N3O6S/c1-29-20-11-8-16(12-21(20)30-2)13-22(26)25-23-14-17-9-10-18(31-17)15-24-32(27,28)19-6-4-3-5-7-19/h3-12,14,24H,13,15H2,1-2H3,(H,25,26)/b23-14-. The van der Waals surface area contributed by atoms with Crippen molar-refractivity contribution in [2.75, 3.05) is 14.2 Å². The van der Waals surface area contributed by atoms with Gasteiger partial charge >= 0.3 is 0 Å². The second-order valence-corrected chi connectivity index (χ2v) is 8.37. The van der Waals surface area contributed by atoms with Crippen molar-refractivity contribution in [3.8, 4) is 11.5 Å². The lowest BCUT2D eigenvalue weighted by atomic mass is 10.1. The predicted octanol–water partition coefficient (Wildman–Crippen LogP) is 2.47. The van der Waals surface area contributed by atoms with Crippen molar-refractivity contribution in [2.24, 2.45) is 5.10 Å². The van der Waals surface area contributed by atoms with E-state index in [1.807, 2.05) is 0 Å². The summed E-state index contributed by atoms with van der Waals surface area (Å²) >= 11 is 0. The van der Waals surface area contributed by atoms with E-state index in [0.717, 1.165) is 5.56 Å². The lowest BCUT2D eigenvalue weighted by molar-refractivity contribution is -0.120. The zero-order chi connectivity index (χ0) is 23.0. The molecule has 2 N–H and O–H groups in total. The van der Waals surface area contributed by atoms with Gasteiger partial charge in [0.2, 0.25) is 15.9 Å². The van der Waals surface area contributed by atoms with Gasteiger partial charge in [-0.05, 0) is 42.0 Å². The normalized spacial score (nSPS) is 11.4. The smallest absolute Gasteiger partial charge is 0.244 e. The van der Waals surface area contributed by atoms with Crippen LogP contribution in [0.1, 0.15) is 17.1 Å². The maximum absolute atomic E-state index is 12.2. The van der Waals surface area contributed by atoms with Crippen molar-refractivity contribution in [1.29, 1.82) is 0 Å². The molecule has 0 aliphatic carbocycles. The summed E-state index contributed by atoms with van der Waals surface area (Å²) in [6, 6.07) is 16.5. The van der Waals surface area contributed by atoms with Crippen molar-refractivity contribution in [1.82, 2.24) is 10.1 Å². The lowest BCUT2D eigenvalue weighted by Crippen LogP contribution is -2.22. The van der Waals surface area contributed by atoms with Gasteiger partial charge in [-0.1, -0.05) is 24.3 Å². The molecule has 168 valence electrons. The van der Waals surface area contributed by atoms with Crippen molar-refractivity contribution in [3.05, 3.63) is 77.7 Å². The van der Waals surface area contributed by atoms with Crippen LogP contribution < -0.4 is 19.6 Å². The summed E-state index contributed by atoms with van der Waals surface area (Å²) in [6.45, 7) is -0.0171. The third-order valence-electron chi connectivity index (χ3n) is 4.37. The minimum atomic E-state index is -3.63. The Morgan fingerprint density at radius 3 is 2.50 bits per heavy atom. The summed E-state index contributed by atoms with van der Waals surface area (Å²) in [4.78, 5) is 12.3. The maximum Gasteiger partial charge on any atom is 0.244 e. The van der Waals surface area contributed by atoms with Gasteiger partial charge in [-0.3, -0.25) is 4.79 Å². The minimum absolute atomic E-state index is 0.0171. The quantitative estimate of drug-likeness (QED) is 0.357. The Bertz CT molecular complexity index is 1190. The summed E-state index contributed by atoms with van der Waals surface area (Å²) in [5.74, 6) is 1.56. The molecule has 0 spiro atoms. The first-order valence-electron chi connectivity index (χ1n) is 9.57. The number of benzene rings is 2. The molecule has 2 aromatic carbocycles. The van der Waals surface area contributed by atoms with E-state index in [4.69, 9.17) is 13.9 Å². The van der Waals surface area contributed by atoms with Crippen molar-refractivity contribution < 1.29 is 27.1 Å². The van der Waals surface area contributed by atoms with E-state index in [1.165, 1.54) is 32.6 Å². The monoisotopic (exact) mass is 457 g/mol. The molecule has 0 saturated heterocycles. The van der Waals surface area contributed by atoms with Crippen LogP contribution in [0.2, 0.25) is 0 Å². The summed E-state index contributed by atoms with van der Waals surface area (Å²) in [5.41, 5.74) is 3.16. The van der Waals surface area contributed by atoms with Gasteiger partial charge in [-0.2, -0.15) is 5.10 Å². The molecule has 0 fully saturated rings. The van der Waals surface area contributed by atoms with Crippen LogP contribution in [-0.2, 0) is 27.8 Å². The highest BCUT2D eigenvalue weighted by molar-refractivity contribution is 7.89. The Kier molecular flexibility index (Phi) is 7.63. The Labute approximate surface area is 186 Å². The van der Waals surface area contributed by atoms with Crippen molar-refractivity contribution in [3.63, 3.8) is 0 Å². The number of amides is 1. The molecular weight excluding hydrogens is 434 g/mol. The number of rotatable bonds is 10. The Balaban J connectivity index is 1.51. The number of carbonyl (C=O) groups excluding carboxylic acids is 1. The fourth-order valence-electron chi connectivity index (χ4n) is 2.79. The van der Waals surface area contributed by atoms with Gasteiger partial charge in [0.25, 0.3) is 0 Å². The number of hydrogen-bond donors (Lipinski definition) is 2. The van der Waals surface area contributed by atoms with Crippen LogP contribution in [0.25, 0.3) is 0 Å². The summed E-state index contributed by atoms with van der Waals surface area (Å²) < 4.78 is 42.9. The largest absolute Gasteiger partial charge is 0.493 e. The molecule has 1 heterocycles. The molecule has 0 bridgehead atoms. The predicted molar refractivity (Wildman–Crippen MR) is 118 cm³/mol. The third-order valence-corrected chi connectivity index (χ3v) is 5.78. The van der Waals surface area contributed by atoms with E-state index in [9.17, 15) is 13.2 Å². The molecule has 3 aromatic rings. The highest BCUT2D eigenvalue weighted by Gasteiger charge is 2.14. The number of sulfonamides is 1. The van der Waals surface area contributed by atoms with E-state index in [1.54, 1.807) is 48.5 Å². The second-order valence-electron chi connectivity index (χ2n) is 6.60. The van der Waals surface area contributed by atoms with Crippen molar-refractivity contribution in [2.45, 2.75) is 17.9 Å². The van der Waals surface area contributed by atoms with Crippen LogP contribution in [0, 0.1) is 0 Å². The highest BCUT2D eigenvalue weighted by Crippen LogP contribution is 2.27. The molecule has 0 saturated carbocycles. The van der Waals surface area contributed by atoms with Gasteiger partial charge in [-0.15, -0.1) is 0 Å². The molecule has 3 rings (SSSR count). The fourth-order valence-corrected chi connectivity index (χ4v) is 3.81. The number of carbonyl (C=O) groups is 1. The summed E-state index contributed by atoms with van der Waals surface area (Å²) in [7, 11) is -0.571. The summed E-state index contributed by atoms with van der Waals surface area (Å²) in [5, 5.41) is 3.87. The molecule has 9 nitrogen and oxygen atoms in total. The number of hydrazone groups is 1. The van der Waals surface area contributed by atoms with Crippen LogP contribution in [0.15, 0.2) is 75.1 Å². The van der Waals surface area contributed by atoms with Gasteiger partial charge in [0.15, 0.2) is 11.5 Å². The van der Waals surface area contributed by atoms with Gasteiger partial charge in [-0.25, -0.2) is 18.6 Å². The molecule has 0 aliphatic rings. The molecule has 0 aliphatic heterocycles. The number of hydrogen-bond acceptors (Lipinski definition) is 7. The first kappa shape index (κ1) is 23.0. The van der Waals surface area contributed by atoms with Gasteiger partial charge in [0, 0.05) is 0 Å². The van der Waals surface area contributed by atoms with Crippen LogP contribution in [-0.4, -0.2) is 34.8 Å². The zero-order valence-corrected chi connectivity index (χ0v) is 18.4. The molecule has 32 heavy (non-hydrogen) atoms. The van der Waals surface area contributed by atoms with Gasteiger partial charge in [0.05, 0.1) is 38.3 Å². The van der Waals surface area contributed by atoms with E-state index in [-0.39, 0.29) is 23.8 Å². The molecular formula is C22H23N3O6S. The molecule has 1 amide bonds. The molecule has 10 heteroatoms. The zero-order valence-electron chi connectivity index (χ0n) is 17.6. The van der Waals surface area contributed by atoms with Crippen LogP contribution in [0.5, 0.6) is 11.5 Å². The van der Waals surface area contributed by atoms with Gasteiger partial charge < -0.3 is 13.9 Å². The summed E-state index contributed by atoms with van der Waals surface area (Å²) in [6.07, 6.45) is 1.43. The molecule has 1 aromatic heterocycles. The molecule has 0 atom stereocenters. The SMILES string of the molecule is COc1ccc(CC(=O)N/N=C\c2ccc(CNS(=O)(=O)c3ccccc3)o2)cc1OC. The number of ether oxygens (including phenoxy) is 2. The second kappa shape index (κ2) is 10.6. The fraction of sp³-hybridized carbons (Fsp3) is 0.182. The Morgan fingerprint density at radius 1 is 1.03 bits per heavy atom. The Morgan fingerprint density at radius 2 is 1.78 bits per heavy atom. The number of furan rings is 1. The average Bonchev–Trinajstić information content (AvgIpc) is 3.26. The van der Waals surface area contributed by atoms with Crippen molar-refractivity contribution >= 4 is 22.1 Å². The third kappa shape index (κ3) is 6.19. The highest BCUT2D eigenvalue weighted by atomic mass is 32.2. The van der Waals surface area contributed by atoms with E-state index >= 15 is 0 Å². The first-order valence-corrected chi connectivity index (χ1v) is 11.1. The van der Waals surface area contributed by atoms with E-state index in [2.05, 4.69) is 15.2 Å². The lowest BCUT2D eigenvalue weighted by Gasteiger charge is -2.09. The molecule has 0 radical (unpaired) electrons. The van der Waals surface area contributed by atoms with E-state index in [0.29, 0.717) is 23.0 Å². The number of methoxy groups -OCH3 is 2. The Hall–Kier alpha value is -3.63. The topological polar surface area (TPSA) is 119 Å². The average molecular weight is 458 g/mol. The molecule has 0 unspecified atom stereocenters. The first-order chi connectivity index (χ1) is 15.4. The minimum Gasteiger partial charge on any atom is -0.493 e.